The van der Waals surface area contributed by atoms with Crippen molar-refractivity contribution in [3.63, 3.8) is 0 Å². The van der Waals surface area contributed by atoms with Gasteiger partial charge in [0.05, 0.1) is 42.2 Å². The molecular formula is C31H41NO6S. The normalized spacial score (nSPS) is 27.5. The molecule has 3 rings (SSSR count). The molecule has 1 aromatic carbocycles. The number of rotatable bonds is 13. The van der Waals surface area contributed by atoms with Gasteiger partial charge in [-0.05, 0) is 36.3 Å². The molecular weight excluding hydrogens is 514 g/mol. The highest BCUT2D eigenvalue weighted by atomic mass is 32.2. The minimum Gasteiger partial charge on any atom is -0.481 e. The van der Waals surface area contributed by atoms with Gasteiger partial charge in [0.25, 0.3) is 0 Å². The predicted octanol–water partition coefficient (Wildman–Crippen LogP) is 4.92. The quantitative estimate of drug-likeness (QED) is 0.263. The van der Waals surface area contributed by atoms with Crippen LogP contribution in [0.15, 0.2) is 61.7 Å². The van der Waals surface area contributed by atoms with Gasteiger partial charge in [-0.15, -0.1) is 13.2 Å². The van der Waals surface area contributed by atoms with Gasteiger partial charge in [0.2, 0.25) is 5.91 Å². The summed E-state index contributed by atoms with van der Waals surface area (Å²) in [5.41, 5.74) is 2.27. The molecule has 7 unspecified atom stereocenters. The van der Waals surface area contributed by atoms with Gasteiger partial charge in [-0.1, -0.05) is 81.1 Å². The molecule has 0 aromatic heterocycles. The summed E-state index contributed by atoms with van der Waals surface area (Å²) in [6.45, 7) is 14.1. The van der Waals surface area contributed by atoms with E-state index in [1.807, 2.05) is 19.1 Å². The van der Waals surface area contributed by atoms with Gasteiger partial charge >= 0.3 is 5.97 Å². The molecule has 0 bridgehead atoms. The van der Waals surface area contributed by atoms with Crippen molar-refractivity contribution < 1.29 is 29.0 Å². The maximum Gasteiger partial charge on any atom is 0.309 e. The Morgan fingerprint density at radius 3 is 2.26 bits per heavy atom. The van der Waals surface area contributed by atoms with Crippen LogP contribution >= 0.6 is 11.8 Å². The fourth-order valence-corrected chi connectivity index (χ4v) is 5.80. The fourth-order valence-electron chi connectivity index (χ4n) is 5.01. The van der Waals surface area contributed by atoms with E-state index in [1.54, 1.807) is 18.2 Å². The fraction of sp³-hybridized carbons (Fsp3) is 0.516. The summed E-state index contributed by atoms with van der Waals surface area (Å²) in [6.07, 6.45) is 6.94. The van der Waals surface area contributed by atoms with E-state index in [4.69, 9.17) is 9.47 Å². The molecule has 2 fully saturated rings. The Bertz CT molecular complexity index is 1050. The number of benzene rings is 1. The number of amides is 1. The molecule has 8 heteroatoms. The SMILES string of the molecule is C=CC1CC(C(=O)NCCSC(=O)C(C)c2ccc(CC(C)C)cc2)C(/C=C\C2CC(C(=O)O)C(C=C)O2)O1. The second-order valence-corrected chi connectivity index (χ2v) is 11.8. The zero-order valence-electron chi connectivity index (χ0n) is 23.1. The molecule has 0 saturated carbocycles. The molecule has 1 aromatic rings. The molecule has 212 valence electrons. The summed E-state index contributed by atoms with van der Waals surface area (Å²) in [4.78, 5) is 37.2. The standard InChI is InChI=1S/C31H41NO6S/c1-6-23-17-25(28(37-23)13-12-24-18-26(30(34)35)27(7-2)38-24)29(33)32-14-15-39-31(36)20(5)22-10-8-21(9-11-22)16-19(3)4/h6-13,19-20,23-28H,1-2,14-18H2,3-5H3,(H,32,33)(H,34,35)/b13-12-. The molecule has 2 N–H and O–H groups in total. The molecule has 7 atom stereocenters. The van der Waals surface area contributed by atoms with Gasteiger partial charge in [0.15, 0.2) is 5.12 Å². The molecule has 2 aliphatic heterocycles. The van der Waals surface area contributed by atoms with Gasteiger partial charge in [-0.25, -0.2) is 0 Å². The lowest BCUT2D eigenvalue weighted by atomic mass is 9.96. The number of aliphatic carboxylic acids is 1. The Balaban J connectivity index is 1.47. The van der Waals surface area contributed by atoms with Gasteiger partial charge in [0, 0.05) is 12.3 Å². The smallest absolute Gasteiger partial charge is 0.309 e. The van der Waals surface area contributed by atoms with Crippen molar-refractivity contribution in [3.8, 4) is 0 Å². The first-order chi connectivity index (χ1) is 18.6. The molecule has 0 spiro atoms. The Labute approximate surface area is 236 Å². The number of nitrogens with one attached hydrogen (secondary N) is 1. The number of ether oxygens (including phenoxy) is 2. The van der Waals surface area contributed by atoms with Gasteiger partial charge in [0.1, 0.15) is 0 Å². The van der Waals surface area contributed by atoms with Crippen LogP contribution in [0.1, 0.15) is 50.7 Å². The lowest BCUT2D eigenvalue weighted by Gasteiger charge is -2.16. The van der Waals surface area contributed by atoms with Crippen LogP contribution < -0.4 is 5.32 Å². The number of carboxylic acid groups (broad SMARTS) is 1. The number of hydrogen-bond donors (Lipinski definition) is 2. The largest absolute Gasteiger partial charge is 0.481 e. The van der Waals surface area contributed by atoms with Crippen LogP contribution in [0, 0.1) is 17.8 Å². The summed E-state index contributed by atoms with van der Waals surface area (Å²) >= 11 is 1.23. The molecule has 7 nitrogen and oxygen atoms in total. The van der Waals surface area contributed by atoms with Crippen molar-refractivity contribution in [2.24, 2.45) is 17.8 Å². The second kappa shape index (κ2) is 14.6. The molecule has 0 radical (unpaired) electrons. The predicted molar refractivity (Wildman–Crippen MR) is 155 cm³/mol. The topological polar surface area (TPSA) is 102 Å². The maximum absolute atomic E-state index is 13.0. The first kappa shape index (κ1) is 30.9. The first-order valence-corrected chi connectivity index (χ1v) is 14.6. The Kier molecular flexibility index (Phi) is 11.6. The summed E-state index contributed by atoms with van der Waals surface area (Å²) in [6, 6.07) is 8.25. The number of hydrogen-bond acceptors (Lipinski definition) is 6. The molecule has 39 heavy (non-hydrogen) atoms. The molecule has 2 heterocycles. The monoisotopic (exact) mass is 555 g/mol. The van der Waals surface area contributed by atoms with Crippen LogP contribution in [-0.4, -0.2) is 58.8 Å². The molecule has 2 aliphatic rings. The molecule has 0 aliphatic carbocycles. The van der Waals surface area contributed by atoms with E-state index in [0.717, 1.165) is 12.0 Å². The lowest BCUT2D eigenvalue weighted by molar-refractivity contribution is -0.142. The van der Waals surface area contributed by atoms with Crippen molar-refractivity contribution >= 4 is 28.8 Å². The van der Waals surface area contributed by atoms with E-state index >= 15 is 0 Å². The van der Waals surface area contributed by atoms with Crippen LogP contribution in [0.25, 0.3) is 0 Å². The highest BCUT2D eigenvalue weighted by Gasteiger charge is 2.39. The van der Waals surface area contributed by atoms with E-state index in [-0.39, 0.29) is 29.1 Å². The van der Waals surface area contributed by atoms with Crippen molar-refractivity contribution in [3.05, 3.63) is 72.9 Å². The lowest BCUT2D eigenvalue weighted by Crippen LogP contribution is -2.36. The number of carboxylic acids is 1. The van der Waals surface area contributed by atoms with Crippen LogP contribution in [0.2, 0.25) is 0 Å². The minimum absolute atomic E-state index is 0.0756. The number of carbonyl (C=O) groups excluding carboxylic acids is 2. The van der Waals surface area contributed by atoms with E-state index in [0.29, 0.717) is 31.1 Å². The van der Waals surface area contributed by atoms with E-state index < -0.39 is 30.0 Å². The molecule has 2 saturated heterocycles. The maximum atomic E-state index is 13.0. The third-order valence-corrected chi connectivity index (χ3v) is 8.26. The van der Waals surface area contributed by atoms with Crippen LogP contribution in [0.4, 0.5) is 0 Å². The zero-order valence-corrected chi connectivity index (χ0v) is 23.9. The van der Waals surface area contributed by atoms with Gasteiger partial charge < -0.3 is 19.9 Å². The average Bonchev–Trinajstić information content (AvgIpc) is 3.53. The highest BCUT2D eigenvalue weighted by Crippen LogP contribution is 2.32. The first-order valence-electron chi connectivity index (χ1n) is 13.6. The third kappa shape index (κ3) is 8.65. The Hall–Kier alpha value is -2.68. The zero-order chi connectivity index (χ0) is 28.5. The summed E-state index contributed by atoms with van der Waals surface area (Å²) in [5, 5.41) is 12.4. The number of carbonyl (C=O) groups is 3. The summed E-state index contributed by atoms with van der Waals surface area (Å²) < 4.78 is 11.7. The van der Waals surface area contributed by atoms with E-state index in [2.05, 4.69) is 44.5 Å². The average molecular weight is 556 g/mol. The van der Waals surface area contributed by atoms with Crippen LogP contribution in [0.3, 0.4) is 0 Å². The summed E-state index contributed by atoms with van der Waals surface area (Å²) in [7, 11) is 0. The van der Waals surface area contributed by atoms with Crippen LogP contribution in [0.5, 0.6) is 0 Å². The van der Waals surface area contributed by atoms with Crippen molar-refractivity contribution in [2.75, 3.05) is 12.3 Å². The van der Waals surface area contributed by atoms with E-state index in [1.165, 1.54) is 23.4 Å². The Morgan fingerprint density at radius 2 is 1.67 bits per heavy atom. The van der Waals surface area contributed by atoms with Crippen molar-refractivity contribution in [1.82, 2.24) is 5.32 Å². The highest BCUT2D eigenvalue weighted by molar-refractivity contribution is 8.13. The third-order valence-electron chi connectivity index (χ3n) is 7.22. The van der Waals surface area contributed by atoms with Gasteiger partial charge in [-0.2, -0.15) is 0 Å². The van der Waals surface area contributed by atoms with Gasteiger partial charge in [-0.3, -0.25) is 14.4 Å². The van der Waals surface area contributed by atoms with E-state index in [9.17, 15) is 19.5 Å². The minimum atomic E-state index is -0.915. The molecule has 1 amide bonds. The van der Waals surface area contributed by atoms with Crippen molar-refractivity contribution in [1.29, 1.82) is 0 Å². The Morgan fingerprint density at radius 1 is 1.00 bits per heavy atom. The van der Waals surface area contributed by atoms with Crippen molar-refractivity contribution in [2.45, 2.75) is 70.4 Å². The summed E-state index contributed by atoms with van der Waals surface area (Å²) in [5.74, 6) is -1.27. The second-order valence-electron chi connectivity index (χ2n) is 10.7. The van der Waals surface area contributed by atoms with Crippen LogP contribution in [-0.2, 0) is 30.3 Å². The number of thioether (sulfide) groups is 1.